The first kappa shape index (κ1) is 14.4. The maximum Gasteiger partial charge on any atom is 0.130 e. The molecule has 0 bridgehead atoms. The van der Waals surface area contributed by atoms with Gasteiger partial charge < -0.3 is 10.2 Å². The zero-order valence-corrected chi connectivity index (χ0v) is 12.1. The number of nitrogens with zero attached hydrogens (tertiary/aromatic N) is 3. The molecule has 3 rings (SSSR count). The van der Waals surface area contributed by atoms with Gasteiger partial charge in [0.25, 0.3) is 0 Å². The summed E-state index contributed by atoms with van der Waals surface area (Å²) in [6, 6.07) is 3.94. The van der Waals surface area contributed by atoms with E-state index in [2.05, 4.69) is 27.2 Å². The molecule has 1 atom stereocenters. The molecule has 1 aromatic rings. The fraction of sp³-hybridized carbons (Fsp3) is 0.533. The highest BCUT2D eigenvalue weighted by Gasteiger charge is 2.30. The molecule has 4 nitrogen and oxygen atoms in total. The largest absolute Gasteiger partial charge is 0.371 e. The molecule has 0 aromatic heterocycles. The molecule has 1 N–H and O–H groups in total. The van der Waals surface area contributed by atoms with Crippen LogP contribution in [0.5, 0.6) is 0 Å². The summed E-state index contributed by atoms with van der Waals surface area (Å²) in [6.07, 6.45) is 0. The van der Waals surface area contributed by atoms with Crippen molar-refractivity contribution < 1.29 is 8.78 Å². The van der Waals surface area contributed by atoms with Gasteiger partial charge in [-0.2, -0.15) is 0 Å². The van der Waals surface area contributed by atoms with Crippen LogP contribution in [0.25, 0.3) is 0 Å². The molecule has 1 unspecified atom stereocenters. The van der Waals surface area contributed by atoms with Crippen LogP contribution >= 0.6 is 0 Å². The predicted octanol–water partition coefficient (Wildman–Crippen LogP) is 1.08. The molecule has 21 heavy (non-hydrogen) atoms. The molecule has 1 fully saturated rings. The summed E-state index contributed by atoms with van der Waals surface area (Å²) in [7, 11) is 2.08. The van der Waals surface area contributed by atoms with E-state index in [9.17, 15) is 8.78 Å². The quantitative estimate of drug-likeness (QED) is 0.905. The summed E-state index contributed by atoms with van der Waals surface area (Å²) in [4.78, 5) is 8.98. The van der Waals surface area contributed by atoms with Crippen molar-refractivity contribution in [3.8, 4) is 0 Å². The van der Waals surface area contributed by atoms with Gasteiger partial charge in [-0.05, 0) is 13.1 Å². The minimum atomic E-state index is -0.534. The van der Waals surface area contributed by atoms with Gasteiger partial charge in [-0.15, -0.1) is 0 Å². The minimum absolute atomic E-state index is 0.149. The number of hydrogen-bond acceptors (Lipinski definition) is 4. The van der Waals surface area contributed by atoms with Crippen LogP contribution in [0, 0.1) is 11.6 Å². The lowest BCUT2D eigenvalue weighted by molar-refractivity contribution is 0.116. The molecule has 1 aromatic carbocycles. The molecule has 0 radical (unpaired) electrons. The third-order valence-electron chi connectivity index (χ3n) is 4.10. The molecule has 0 aliphatic carbocycles. The number of aliphatic imine (C=N–C) groups is 1. The van der Waals surface area contributed by atoms with Gasteiger partial charge in [0, 0.05) is 44.4 Å². The third kappa shape index (κ3) is 3.22. The average Bonchev–Trinajstić information content (AvgIpc) is 2.97. The summed E-state index contributed by atoms with van der Waals surface area (Å²) in [6.45, 7) is 4.80. The predicted molar refractivity (Wildman–Crippen MR) is 78.4 cm³/mol. The second-order valence-electron chi connectivity index (χ2n) is 5.68. The average molecular weight is 294 g/mol. The zero-order valence-electron chi connectivity index (χ0n) is 12.1. The Bertz CT molecular complexity index is 546. The van der Waals surface area contributed by atoms with Gasteiger partial charge in [0.15, 0.2) is 0 Å². The maximum atomic E-state index is 13.9. The van der Waals surface area contributed by atoms with Crippen molar-refractivity contribution in [2.45, 2.75) is 12.6 Å². The van der Waals surface area contributed by atoms with Gasteiger partial charge in [0.2, 0.25) is 0 Å². The molecule has 114 valence electrons. The van der Waals surface area contributed by atoms with Gasteiger partial charge in [0.1, 0.15) is 17.5 Å². The zero-order chi connectivity index (χ0) is 14.8. The van der Waals surface area contributed by atoms with Gasteiger partial charge >= 0.3 is 0 Å². The van der Waals surface area contributed by atoms with Gasteiger partial charge in [-0.3, -0.25) is 9.89 Å². The standard InChI is InChI=1S/C15H20F2N4/c1-20-6-7-21(14(10-20)15-18-4-5-19-15)9-11-2-3-12(16)8-13(11)17/h2-3,8,14H,4-7,9-10H2,1H3,(H,18,19). The number of nitrogens with one attached hydrogen (secondary N) is 1. The van der Waals surface area contributed by atoms with E-state index in [1.54, 1.807) is 0 Å². The molecule has 6 heteroatoms. The third-order valence-corrected chi connectivity index (χ3v) is 4.10. The lowest BCUT2D eigenvalue weighted by atomic mass is 10.1. The summed E-state index contributed by atoms with van der Waals surface area (Å²) < 4.78 is 26.9. The van der Waals surface area contributed by atoms with Crippen LogP contribution in [0.4, 0.5) is 8.78 Å². The first-order valence-electron chi connectivity index (χ1n) is 7.28. The SMILES string of the molecule is CN1CCN(Cc2ccc(F)cc2F)C(C2=NCCN2)C1. The highest BCUT2D eigenvalue weighted by atomic mass is 19.1. The highest BCUT2D eigenvalue weighted by Crippen LogP contribution is 2.18. The number of benzene rings is 1. The number of hydrogen-bond donors (Lipinski definition) is 1. The van der Waals surface area contributed by atoms with Crippen molar-refractivity contribution in [3.05, 3.63) is 35.4 Å². The Balaban J connectivity index is 1.78. The summed E-state index contributed by atoms with van der Waals surface area (Å²) >= 11 is 0. The van der Waals surface area contributed by atoms with Crippen molar-refractivity contribution in [1.29, 1.82) is 0 Å². The van der Waals surface area contributed by atoms with E-state index < -0.39 is 11.6 Å². The Morgan fingerprint density at radius 2 is 2.19 bits per heavy atom. The fourth-order valence-corrected chi connectivity index (χ4v) is 2.91. The number of amidine groups is 1. The van der Waals surface area contributed by atoms with E-state index >= 15 is 0 Å². The Labute approximate surface area is 123 Å². The maximum absolute atomic E-state index is 13.9. The molecule has 2 heterocycles. The van der Waals surface area contributed by atoms with E-state index in [1.807, 2.05) is 0 Å². The molecule has 1 saturated heterocycles. The van der Waals surface area contributed by atoms with Crippen molar-refractivity contribution >= 4 is 5.84 Å². The Hall–Kier alpha value is -1.53. The Kier molecular flexibility index (Phi) is 4.17. The number of rotatable bonds is 3. The van der Waals surface area contributed by atoms with Crippen LogP contribution in [0.2, 0.25) is 0 Å². The van der Waals surface area contributed by atoms with Crippen molar-refractivity contribution in [2.75, 3.05) is 39.8 Å². The van der Waals surface area contributed by atoms with E-state index in [0.29, 0.717) is 12.1 Å². The van der Waals surface area contributed by atoms with Crippen molar-refractivity contribution in [3.63, 3.8) is 0 Å². The van der Waals surface area contributed by atoms with Crippen molar-refractivity contribution in [1.82, 2.24) is 15.1 Å². The molecule has 0 amide bonds. The topological polar surface area (TPSA) is 30.9 Å². The first-order chi connectivity index (χ1) is 10.1. The van der Waals surface area contributed by atoms with Crippen LogP contribution in [0.3, 0.4) is 0 Å². The lowest BCUT2D eigenvalue weighted by Gasteiger charge is -2.40. The van der Waals surface area contributed by atoms with Gasteiger partial charge in [-0.25, -0.2) is 8.78 Å². The molecule has 0 saturated carbocycles. The Morgan fingerprint density at radius 1 is 1.33 bits per heavy atom. The van der Waals surface area contributed by atoms with Crippen molar-refractivity contribution in [2.24, 2.45) is 4.99 Å². The second kappa shape index (κ2) is 6.07. The van der Waals surface area contributed by atoms with E-state index in [4.69, 9.17) is 0 Å². The summed E-state index contributed by atoms with van der Waals surface area (Å²) in [5.41, 5.74) is 0.532. The van der Waals surface area contributed by atoms with Gasteiger partial charge in [0.05, 0.1) is 12.6 Å². The second-order valence-corrected chi connectivity index (χ2v) is 5.68. The monoisotopic (exact) mass is 294 g/mol. The smallest absolute Gasteiger partial charge is 0.130 e. The molecule has 2 aliphatic heterocycles. The van der Waals surface area contributed by atoms with E-state index in [0.717, 1.165) is 44.6 Å². The van der Waals surface area contributed by atoms with Crippen LogP contribution in [-0.4, -0.2) is 61.4 Å². The number of piperazine rings is 1. The first-order valence-corrected chi connectivity index (χ1v) is 7.28. The van der Waals surface area contributed by atoms with E-state index in [1.165, 1.54) is 12.1 Å². The number of likely N-dealkylation sites (N-methyl/N-ethyl adjacent to an activating group) is 1. The van der Waals surface area contributed by atoms with Gasteiger partial charge in [-0.1, -0.05) is 6.07 Å². The van der Waals surface area contributed by atoms with Crippen LogP contribution in [0.1, 0.15) is 5.56 Å². The fourth-order valence-electron chi connectivity index (χ4n) is 2.91. The van der Waals surface area contributed by atoms with Crippen LogP contribution in [0.15, 0.2) is 23.2 Å². The highest BCUT2D eigenvalue weighted by molar-refractivity contribution is 5.89. The molecule has 2 aliphatic rings. The summed E-state index contributed by atoms with van der Waals surface area (Å²) in [5.74, 6) is -0.0221. The van der Waals surface area contributed by atoms with Crippen LogP contribution < -0.4 is 5.32 Å². The minimum Gasteiger partial charge on any atom is -0.371 e. The Morgan fingerprint density at radius 3 is 2.90 bits per heavy atom. The molecule has 0 spiro atoms. The number of halogens is 2. The normalized spacial score (nSPS) is 24.0. The molecular weight excluding hydrogens is 274 g/mol. The van der Waals surface area contributed by atoms with Crippen LogP contribution in [-0.2, 0) is 6.54 Å². The van der Waals surface area contributed by atoms with E-state index in [-0.39, 0.29) is 6.04 Å². The lowest BCUT2D eigenvalue weighted by Crippen LogP contribution is -2.57. The molecular formula is C15H20F2N4. The summed E-state index contributed by atoms with van der Waals surface area (Å²) in [5, 5.41) is 3.31.